The van der Waals surface area contributed by atoms with Gasteiger partial charge in [0.15, 0.2) is 0 Å². The molecule has 3 aromatic rings. The minimum Gasteiger partial charge on any atom is -0.324 e. The van der Waals surface area contributed by atoms with Crippen LogP contribution in [0.2, 0.25) is 0 Å². The number of aryl methyl sites for hydroxylation is 2. The van der Waals surface area contributed by atoms with E-state index in [1.165, 1.54) is 24.0 Å². The highest BCUT2D eigenvalue weighted by Crippen LogP contribution is 2.23. The van der Waals surface area contributed by atoms with E-state index in [2.05, 4.69) is 28.5 Å². The lowest BCUT2D eigenvalue weighted by molar-refractivity contribution is -0.115. The van der Waals surface area contributed by atoms with Gasteiger partial charge in [0.25, 0.3) is 0 Å². The molecule has 3 heteroatoms. The third-order valence-corrected chi connectivity index (χ3v) is 4.40. The number of hydrogen-bond donors (Lipinski definition) is 1. The van der Waals surface area contributed by atoms with Gasteiger partial charge in [-0.15, -0.1) is 0 Å². The van der Waals surface area contributed by atoms with Crippen LogP contribution in [0.25, 0.3) is 10.9 Å². The van der Waals surface area contributed by atoms with Gasteiger partial charge in [0.2, 0.25) is 5.91 Å². The Morgan fingerprint density at radius 3 is 2.87 bits per heavy atom. The Labute approximate surface area is 135 Å². The van der Waals surface area contributed by atoms with Crippen LogP contribution in [0.4, 0.5) is 5.69 Å². The third kappa shape index (κ3) is 2.95. The predicted octanol–water partition coefficient (Wildman–Crippen LogP) is 3.90. The number of amides is 1. The fraction of sp³-hybridized carbons (Fsp3) is 0.200. The molecule has 1 aliphatic carbocycles. The first kappa shape index (κ1) is 13.9. The smallest absolute Gasteiger partial charge is 0.228 e. The first-order valence-corrected chi connectivity index (χ1v) is 8.03. The van der Waals surface area contributed by atoms with Crippen LogP contribution in [0.3, 0.4) is 0 Å². The van der Waals surface area contributed by atoms with Crippen molar-refractivity contribution in [2.45, 2.75) is 25.7 Å². The Morgan fingerprint density at radius 2 is 1.91 bits per heavy atom. The van der Waals surface area contributed by atoms with Gasteiger partial charge in [-0.25, -0.2) is 0 Å². The maximum atomic E-state index is 12.3. The summed E-state index contributed by atoms with van der Waals surface area (Å²) in [4.78, 5) is 16.7. The van der Waals surface area contributed by atoms with Crippen LogP contribution >= 0.6 is 0 Å². The minimum atomic E-state index is 0.0000260. The Kier molecular flexibility index (Phi) is 3.54. The number of carbonyl (C=O) groups excluding carboxylic acids is 1. The molecule has 3 nitrogen and oxygen atoms in total. The van der Waals surface area contributed by atoms with Gasteiger partial charge in [-0.1, -0.05) is 36.4 Å². The molecule has 0 saturated carbocycles. The van der Waals surface area contributed by atoms with Crippen LogP contribution in [0.1, 0.15) is 23.1 Å². The van der Waals surface area contributed by atoms with Gasteiger partial charge in [-0.05, 0) is 48.1 Å². The molecule has 4 rings (SSSR count). The van der Waals surface area contributed by atoms with E-state index in [1.54, 1.807) is 6.20 Å². The van der Waals surface area contributed by atoms with Gasteiger partial charge in [0, 0.05) is 5.39 Å². The van der Waals surface area contributed by atoms with Gasteiger partial charge < -0.3 is 5.32 Å². The number of pyridine rings is 1. The van der Waals surface area contributed by atoms with E-state index in [-0.39, 0.29) is 5.91 Å². The molecule has 0 aliphatic heterocycles. The number of anilines is 1. The van der Waals surface area contributed by atoms with E-state index in [1.807, 2.05) is 30.3 Å². The minimum absolute atomic E-state index is 0.0000260. The molecule has 1 aliphatic rings. The summed E-state index contributed by atoms with van der Waals surface area (Å²) in [6.45, 7) is 0. The number of carbonyl (C=O) groups is 1. The molecule has 1 aromatic heterocycles. The molecule has 0 unspecified atom stereocenters. The second-order valence-electron chi connectivity index (χ2n) is 6.10. The number of rotatable bonds is 3. The number of para-hydroxylation sites is 1. The van der Waals surface area contributed by atoms with Gasteiger partial charge in [-0.2, -0.15) is 0 Å². The summed E-state index contributed by atoms with van der Waals surface area (Å²) in [7, 11) is 0. The highest BCUT2D eigenvalue weighted by atomic mass is 16.1. The van der Waals surface area contributed by atoms with Crippen molar-refractivity contribution in [2.75, 3.05) is 5.32 Å². The van der Waals surface area contributed by atoms with Crippen LogP contribution in [-0.2, 0) is 24.1 Å². The van der Waals surface area contributed by atoms with E-state index in [0.29, 0.717) is 6.42 Å². The second kappa shape index (κ2) is 5.84. The van der Waals surface area contributed by atoms with Crippen LogP contribution in [-0.4, -0.2) is 10.9 Å². The number of benzene rings is 2. The van der Waals surface area contributed by atoms with Crippen LogP contribution < -0.4 is 5.32 Å². The number of nitrogens with zero attached hydrogens (tertiary/aromatic N) is 1. The molecule has 0 atom stereocenters. The Balaban J connectivity index is 1.48. The average molecular weight is 302 g/mol. The molecule has 0 fully saturated rings. The summed E-state index contributed by atoms with van der Waals surface area (Å²) in [5, 5.41) is 3.98. The van der Waals surface area contributed by atoms with Crippen molar-refractivity contribution in [1.29, 1.82) is 0 Å². The summed E-state index contributed by atoms with van der Waals surface area (Å²) >= 11 is 0. The van der Waals surface area contributed by atoms with E-state index in [4.69, 9.17) is 0 Å². The maximum absolute atomic E-state index is 12.3. The number of nitrogens with one attached hydrogen (secondary N) is 1. The van der Waals surface area contributed by atoms with E-state index in [9.17, 15) is 4.79 Å². The van der Waals surface area contributed by atoms with Crippen LogP contribution in [0.15, 0.2) is 54.7 Å². The fourth-order valence-corrected chi connectivity index (χ4v) is 3.27. The number of hydrogen-bond acceptors (Lipinski definition) is 2. The largest absolute Gasteiger partial charge is 0.324 e. The van der Waals surface area contributed by atoms with E-state index in [0.717, 1.165) is 28.6 Å². The van der Waals surface area contributed by atoms with Gasteiger partial charge in [-0.3, -0.25) is 9.78 Å². The Morgan fingerprint density at radius 1 is 1.04 bits per heavy atom. The van der Waals surface area contributed by atoms with Crippen molar-refractivity contribution in [2.24, 2.45) is 0 Å². The normalized spacial score (nSPS) is 13.0. The average Bonchev–Trinajstić information content (AvgIpc) is 3.02. The van der Waals surface area contributed by atoms with Crippen molar-refractivity contribution >= 4 is 22.5 Å². The molecule has 114 valence electrons. The SMILES string of the molecule is O=C(Cc1ccc2c(c1)CCC2)Nc1cnc2ccccc2c1. The summed E-state index contributed by atoms with van der Waals surface area (Å²) < 4.78 is 0. The fourth-order valence-electron chi connectivity index (χ4n) is 3.27. The molecule has 0 radical (unpaired) electrons. The molecule has 23 heavy (non-hydrogen) atoms. The van der Waals surface area contributed by atoms with Crippen molar-refractivity contribution in [3.63, 3.8) is 0 Å². The Bertz CT molecular complexity index is 886. The van der Waals surface area contributed by atoms with E-state index >= 15 is 0 Å². The zero-order valence-corrected chi connectivity index (χ0v) is 12.9. The summed E-state index contributed by atoms with van der Waals surface area (Å²) in [6.07, 6.45) is 5.65. The molecule has 2 aromatic carbocycles. The summed E-state index contributed by atoms with van der Waals surface area (Å²) in [5.41, 5.74) is 5.60. The zero-order chi connectivity index (χ0) is 15.6. The van der Waals surface area contributed by atoms with Crippen LogP contribution in [0.5, 0.6) is 0 Å². The molecule has 0 saturated heterocycles. The number of aromatic nitrogens is 1. The monoisotopic (exact) mass is 302 g/mol. The predicted molar refractivity (Wildman–Crippen MR) is 92.5 cm³/mol. The molecular formula is C20H18N2O. The standard InChI is InChI=1S/C20H18N2O/c23-20(11-14-8-9-15-5-3-6-16(15)10-14)22-18-12-17-4-1-2-7-19(17)21-13-18/h1-2,4,7-10,12-13H,3,5-6,11H2,(H,22,23). The van der Waals surface area contributed by atoms with Gasteiger partial charge in [0.05, 0.1) is 23.8 Å². The molecule has 1 amide bonds. The topological polar surface area (TPSA) is 42.0 Å². The van der Waals surface area contributed by atoms with E-state index < -0.39 is 0 Å². The van der Waals surface area contributed by atoms with Gasteiger partial charge in [0.1, 0.15) is 0 Å². The molecular weight excluding hydrogens is 284 g/mol. The van der Waals surface area contributed by atoms with Gasteiger partial charge >= 0.3 is 0 Å². The zero-order valence-electron chi connectivity index (χ0n) is 12.9. The lowest BCUT2D eigenvalue weighted by Gasteiger charge is -2.07. The second-order valence-corrected chi connectivity index (χ2v) is 6.10. The summed E-state index contributed by atoms with van der Waals surface area (Å²) in [6, 6.07) is 16.3. The molecule has 0 bridgehead atoms. The Hall–Kier alpha value is -2.68. The lowest BCUT2D eigenvalue weighted by atomic mass is 10.0. The van der Waals surface area contributed by atoms with Crippen molar-refractivity contribution in [1.82, 2.24) is 4.98 Å². The van der Waals surface area contributed by atoms with Crippen molar-refractivity contribution < 1.29 is 4.79 Å². The van der Waals surface area contributed by atoms with Crippen LogP contribution in [0, 0.1) is 0 Å². The quantitative estimate of drug-likeness (QED) is 0.797. The molecule has 1 N–H and O–H groups in total. The van der Waals surface area contributed by atoms with Crippen molar-refractivity contribution in [3.05, 3.63) is 71.4 Å². The van der Waals surface area contributed by atoms with Crippen molar-refractivity contribution in [3.8, 4) is 0 Å². The number of fused-ring (bicyclic) bond motifs is 2. The first-order valence-electron chi connectivity index (χ1n) is 8.03. The lowest BCUT2D eigenvalue weighted by Crippen LogP contribution is -2.14. The third-order valence-electron chi connectivity index (χ3n) is 4.40. The molecule has 1 heterocycles. The highest BCUT2D eigenvalue weighted by molar-refractivity contribution is 5.94. The highest BCUT2D eigenvalue weighted by Gasteiger charge is 2.12. The first-order chi connectivity index (χ1) is 11.3. The molecule has 0 spiro atoms. The summed E-state index contributed by atoms with van der Waals surface area (Å²) in [5.74, 6) is 0.0000260. The maximum Gasteiger partial charge on any atom is 0.228 e.